The number of halogens is 1. The van der Waals surface area contributed by atoms with Crippen LogP contribution in [0.15, 0.2) is 88.3 Å². The summed E-state index contributed by atoms with van der Waals surface area (Å²) in [6.45, 7) is 9.16. The maximum Gasteiger partial charge on any atom is 0.407 e. The van der Waals surface area contributed by atoms with Gasteiger partial charge in [0.1, 0.15) is 22.7 Å². The number of carbonyl (C=O) groups excluding carboxylic acids is 5. The van der Waals surface area contributed by atoms with Crippen LogP contribution in [0, 0.1) is 12.7 Å². The predicted molar refractivity (Wildman–Crippen MR) is 241 cm³/mol. The number of primary amides is 1. The Morgan fingerprint density at radius 3 is 2.20 bits per heavy atom. The summed E-state index contributed by atoms with van der Waals surface area (Å²) < 4.78 is 49.2. The van der Waals surface area contributed by atoms with E-state index < -0.39 is 80.4 Å². The number of fused-ring (bicyclic) bond motifs is 1. The standard InChI is InChI=1S/C47H62FN7O9S/c1-6-7-8-12-37-40(65(62,63)35-23-13-30(2)14-24-35)38(55-44(60)47(50,25-27-54(37)55)28-31-17-21-34(48)22-18-31)42(58)53-36(11-9-10-26-51-45(61)64-46(3,4)5)39(56)43(59)52-29-32-15-19-33(20-16-32)41(49)57/h13-24,36-37,39,56H,6-12,25-29,50H2,1-5H3,(H2,49,57)(H,51,61)(H,52,59)(H,53,58)/t36-,37?,39?,47?/m0/s1. The van der Waals surface area contributed by atoms with Crippen molar-refractivity contribution in [3.05, 3.63) is 111 Å². The van der Waals surface area contributed by atoms with Crippen molar-refractivity contribution in [1.29, 1.82) is 0 Å². The second-order valence-electron chi connectivity index (χ2n) is 17.8. The largest absolute Gasteiger partial charge is 0.444 e. The van der Waals surface area contributed by atoms with Gasteiger partial charge in [-0.3, -0.25) is 19.2 Å². The molecule has 4 atom stereocenters. The molecular weight excluding hydrogens is 858 g/mol. The van der Waals surface area contributed by atoms with Gasteiger partial charge in [-0.2, -0.15) is 0 Å². The Hall–Kier alpha value is -5.69. The number of carbonyl (C=O) groups is 5. The van der Waals surface area contributed by atoms with Crippen LogP contribution in [0.2, 0.25) is 0 Å². The van der Waals surface area contributed by atoms with E-state index in [1.54, 1.807) is 57.0 Å². The molecule has 0 spiro atoms. The third kappa shape index (κ3) is 12.8. The lowest BCUT2D eigenvalue weighted by Gasteiger charge is -2.45. The first-order chi connectivity index (χ1) is 30.6. The molecule has 1 saturated heterocycles. The number of nitrogens with one attached hydrogen (secondary N) is 3. The number of hydrazine groups is 1. The van der Waals surface area contributed by atoms with Crippen LogP contribution >= 0.6 is 0 Å². The zero-order valence-corrected chi connectivity index (χ0v) is 38.5. The van der Waals surface area contributed by atoms with Gasteiger partial charge >= 0.3 is 6.09 Å². The Morgan fingerprint density at radius 1 is 0.938 bits per heavy atom. The molecule has 65 heavy (non-hydrogen) atoms. The van der Waals surface area contributed by atoms with Crippen molar-refractivity contribution in [1.82, 2.24) is 26.0 Å². The number of alkyl carbamates (subject to hydrolysis) is 1. The number of rotatable bonds is 20. The number of hydrogen-bond acceptors (Lipinski definition) is 11. The quantitative estimate of drug-likeness (QED) is 0.0867. The maximum absolute atomic E-state index is 15.1. The first kappa shape index (κ1) is 50.3. The van der Waals surface area contributed by atoms with Crippen molar-refractivity contribution in [2.24, 2.45) is 11.5 Å². The normalized spacial score (nSPS) is 18.7. The van der Waals surface area contributed by atoms with Gasteiger partial charge in [0.2, 0.25) is 15.7 Å². The average Bonchev–Trinajstić information content (AvgIpc) is 3.59. The molecule has 1 fully saturated rings. The Bertz CT molecular complexity index is 2340. The minimum absolute atomic E-state index is 0.0278. The van der Waals surface area contributed by atoms with Gasteiger partial charge in [0, 0.05) is 25.2 Å². The van der Waals surface area contributed by atoms with E-state index in [0.29, 0.717) is 24.0 Å². The lowest BCUT2D eigenvalue weighted by Crippen LogP contribution is -2.66. The number of aliphatic hydroxyl groups is 1. The fourth-order valence-corrected chi connectivity index (χ4v) is 9.71. The molecule has 3 unspecified atom stereocenters. The molecule has 352 valence electrons. The number of aliphatic hydroxyl groups excluding tert-OH is 1. The van der Waals surface area contributed by atoms with Crippen molar-refractivity contribution < 1.29 is 46.6 Å². The van der Waals surface area contributed by atoms with Crippen LogP contribution in [-0.4, -0.2) is 95.7 Å². The molecule has 5 rings (SSSR count). The molecule has 0 aliphatic carbocycles. The summed E-state index contributed by atoms with van der Waals surface area (Å²) in [5.74, 6) is -3.77. The molecule has 18 heteroatoms. The summed E-state index contributed by atoms with van der Waals surface area (Å²) in [5.41, 5.74) is 11.6. The molecule has 16 nitrogen and oxygen atoms in total. The van der Waals surface area contributed by atoms with Crippen LogP contribution in [0.1, 0.15) is 106 Å². The topological polar surface area (TPSA) is 244 Å². The Kier molecular flexibility index (Phi) is 16.7. The number of sulfone groups is 1. The van der Waals surface area contributed by atoms with E-state index in [1.807, 2.05) is 6.92 Å². The molecule has 3 aromatic rings. The SMILES string of the molecule is CCCCCC1C(S(=O)(=O)c2ccc(C)cc2)=C(C(=O)N[C@@H](CCCCNC(=O)OC(C)(C)C)C(O)C(=O)NCc2ccc(C(N)=O)cc2)N2C(=O)C(N)(Cc3ccc(F)cc3)CCN12. The van der Waals surface area contributed by atoms with Gasteiger partial charge in [0.15, 0.2) is 6.10 Å². The molecule has 0 aromatic heterocycles. The minimum Gasteiger partial charge on any atom is -0.444 e. The number of ether oxygens (including phenoxy) is 1. The number of aryl methyl sites for hydroxylation is 1. The van der Waals surface area contributed by atoms with Gasteiger partial charge in [-0.1, -0.05) is 68.1 Å². The zero-order valence-electron chi connectivity index (χ0n) is 37.7. The van der Waals surface area contributed by atoms with Gasteiger partial charge < -0.3 is 37.3 Å². The second-order valence-corrected chi connectivity index (χ2v) is 19.7. The van der Waals surface area contributed by atoms with E-state index in [0.717, 1.165) is 23.4 Å². The van der Waals surface area contributed by atoms with Gasteiger partial charge in [-0.25, -0.2) is 27.6 Å². The summed E-state index contributed by atoms with van der Waals surface area (Å²) in [6, 6.07) is 15.5. The lowest BCUT2D eigenvalue weighted by atomic mass is 9.85. The van der Waals surface area contributed by atoms with Crippen LogP contribution in [0.25, 0.3) is 0 Å². The molecule has 3 aromatic carbocycles. The van der Waals surface area contributed by atoms with E-state index in [4.69, 9.17) is 16.2 Å². The van der Waals surface area contributed by atoms with Crippen molar-refractivity contribution in [2.45, 2.75) is 133 Å². The van der Waals surface area contributed by atoms with Gasteiger partial charge in [0.25, 0.3) is 17.7 Å². The number of hydrogen-bond donors (Lipinski definition) is 6. The zero-order chi connectivity index (χ0) is 47.7. The molecule has 0 saturated carbocycles. The first-order valence-electron chi connectivity index (χ1n) is 22.0. The summed E-state index contributed by atoms with van der Waals surface area (Å²) in [7, 11) is -4.51. The van der Waals surface area contributed by atoms with Gasteiger partial charge in [0.05, 0.1) is 21.9 Å². The summed E-state index contributed by atoms with van der Waals surface area (Å²) in [6.07, 6.45) is 0.455. The van der Waals surface area contributed by atoms with E-state index in [9.17, 15) is 37.1 Å². The molecule has 0 radical (unpaired) electrons. The van der Waals surface area contributed by atoms with E-state index >= 15 is 4.79 Å². The van der Waals surface area contributed by atoms with E-state index in [1.165, 1.54) is 48.5 Å². The monoisotopic (exact) mass is 919 g/mol. The van der Waals surface area contributed by atoms with Crippen molar-refractivity contribution in [2.75, 3.05) is 13.1 Å². The number of nitrogens with two attached hydrogens (primary N) is 2. The molecule has 2 heterocycles. The highest BCUT2D eigenvalue weighted by molar-refractivity contribution is 7.95. The van der Waals surface area contributed by atoms with Crippen molar-refractivity contribution >= 4 is 39.6 Å². The van der Waals surface area contributed by atoms with Crippen molar-refractivity contribution in [3.8, 4) is 0 Å². The predicted octanol–water partition coefficient (Wildman–Crippen LogP) is 4.43. The summed E-state index contributed by atoms with van der Waals surface area (Å²) in [4.78, 5) is 67.2. The Balaban J connectivity index is 1.54. The number of unbranched alkanes of at least 4 members (excludes halogenated alkanes) is 3. The maximum atomic E-state index is 15.1. The minimum atomic E-state index is -4.51. The highest BCUT2D eigenvalue weighted by atomic mass is 32.2. The third-order valence-electron chi connectivity index (χ3n) is 11.4. The molecular formula is C47H62FN7O9S. The molecule has 2 aliphatic heterocycles. The first-order valence-corrected chi connectivity index (χ1v) is 23.5. The summed E-state index contributed by atoms with van der Waals surface area (Å²) in [5, 5.41) is 22.3. The highest BCUT2D eigenvalue weighted by Crippen LogP contribution is 2.43. The van der Waals surface area contributed by atoms with Crippen LogP contribution in [0.5, 0.6) is 0 Å². The highest BCUT2D eigenvalue weighted by Gasteiger charge is 2.56. The molecule has 0 bridgehead atoms. The number of amides is 5. The molecule has 2 aliphatic rings. The lowest BCUT2D eigenvalue weighted by molar-refractivity contribution is -0.160. The van der Waals surface area contributed by atoms with E-state index in [2.05, 4.69) is 16.0 Å². The van der Waals surface area contributed by atoms with Gasteiger partial charge in [-0.05, 0) is 114 Å². The smallest absolute Gasteiger partial charge is 0.407 e. The van der Waals surface area contributed by atoms with Crippen LogP contribution < -0.4 is 27.4 Å². The van der Waals surface area contributed by atoms with Crippen LogP contribution in [0.3, 0.4) is 0 Å². The number of benzene rings is 3. The number of nitrogens with zero attached hydrogens (tertiary/aromatic N) is 2. The van der Waals surface area contributed by atoms with E-state index in [-0.39, 0.29) is 67.1 Å². The molecule has 5 amide bonds. The van der Waals surface area contributed by atoms with Gasteiger partial charge in [-0.15, -0.1) is 0 Å². The third-order valence-corrected chi connectivity index (χ3v) is 13.3. The fourth-order valence-electron chi connectivity index (χ4n) is 7.93. The fraction of sp³-hybridized carbons (Fsp3) is 0.468. The Morgan fingerprint density at radius 2 is 1.58 bits per heavy atom. The Labute approximate surface area is 380 Å². The summed E-state index contributed by atoms with van der Waals surface area (Å²) >= 11 is 0. The average molecular weight is 920 g/mol. The second kappa shape index (κ2) is 21.5. The molecule has 8 N–H and O–H groups in total. The van der Waals surface area contributed by atoms with Crippen LogP contribution in [-0.2, 0) is 41.9 Å². The van der Waals surface area contributed by atoms with Crippen molar-refractivity contribution in [3.63, 3.8) is 0 Å². The van der Waals surface area contributed by atoms with Crippen LogP contribution in [0.4, 0.5) is 9.18 Å².